The molecule has 0 spiro atoms. The van der Waals surface area contributed by atoms with E-state index in [0.717, 1.165) is 5.56 Å². The zero-order chi connectivity index (χ0) is 16.3. The second-order valence-corrected chi connectivity index (χ2v) is 5.53. The fraction of sp³-hybridized carbons (Fsp3) is 0.235. The highest BCUT2D eigenvalue weighted by Gasteiger charge is 2.22. The van der Waals surface area contributed by atoms with Crippen LogP contribution in [-0.2, 0) is 11.2 Å². The van der Waals surface area contributed by atoms with Crippen LogP contribution in [0.25, 0.3) is 0 Å². The van der Waals surface area contributed by atoms with Crippen LogP contribution in [0.15, 0.2) is 36.4 Å². The van der Waals surface area contributed by atoms with E-state index < -0.39 is 11.9 Å². The molecule has 0 bridgehead atoms. The average Bonchev–Trinajstić information content (AvgIpc) is 2.47. The molecule has 0 amide bonds. The molecule has 1 atom stereocenters. The number of aromatic hydroxyl groups is 1. The first-order chi connectivity index (χ1) is 10.4. The van der Waals surface area contributed by atoms with E-state index in [4.69, 9.17) is 16.3 Å². The monoisotopic (exact) mass is 320 g/mol. The Labute approximate surface area is 133 Å². The molecule has 0 fully saturated rings. The van der Waals surface area contributed by atoms with Crippen LogP contribution in [0.5, 0.6) is 11.5 Å². The van der Waals surface area contributed by atoms with Gasteiger partial charge in [0.15, 0.2) is 0 Å². The molecule has 4 nitrogen and oxygen atoms in total. The van der Waals surface area contributed by atoms with E-state index >= 15 is 0 Å². The van der Waals surface area contributed by atoms with Crippen molar-refractivity contribution in [2.24, 2.45) is 0 Å². The van der Waals surface area contributed by atoms with Gasteiger partial charge in [-0.3, -0.25) is 4.79 Å². The molecule has 2 rings (SSSR count). The maximum atomic E-state index is 11.6. The number of phenolic OH excluding ortho intramolecular Hbond substituents is 1. The summed E-state index contributed by atoms with van der Waals surface area (Å²) in [6, 6.07) is 9.89. The second kappa shape index (κ2) is 6.71. The van der Waals surface area contributed by atoms with E-state index in [-0.39, 0.29) is 12.2 Å². The van der Waals surface area contributed by atoms with Gasteiger partial charge in [-0.1, -0.05) is 23.7 Å². The molecular formula is C17H17ClO4. The smallest absolute Gasteiger partial charge is 0.311 e. The third-order valence-corrected chi connectivity index (χ3v) is 3.82. The van der Waals surface area contributed by atoms with Crippen molar-refractivity contribution in [2.75, 3.05) is 7.11 Å². The van der Waals surface area contributed by atoms with Gasteiger partial charge in [-0.15, -0.1) is 0 Å². The van der Waals surface area contributed by atoms with Gasteiger partial charge < -0.3 is 14.9 Å². The number of carboxylic acids is 1. The largest absolute Gasteiger partial charge is 0.508 e. The molecule has 2 aromatic carbocycles. The summed E-state index contributed by atoms with van der Waals surface area (Å²) in [4.78, 5) is 11.6. The van der Waals surface area contributed by atoms with Crippen LogP contribution in [0.3, 0.4) is 0 Å². The number of benzene rings is 2. The van der Waals surface area contributed by atoms with Crippen molar-refractivity contribution in [3.63, 3.8) is 0 Å². The number of carbonyl (C=O) groups is 1. The lowest BCUT2D eigenvalue weighted by Crippen LogP contribution is -2.15. The van der Waals surface area contributed by atoms with E-state index in [1.165, 1.54) is 6.07 Å². The van der Waals surface area contributed by atoms with Crippen LogP contribution in [0, 0.1) is 6.92 Å². The average molecular weight is 321 g/mol. The number of carboxylic acid groups (broad SMARTS) is 1. The minimum absolute atomic E-state index is 0.0425. The van der Waals surface area contributed by atoms with E-state index in [0.29, 0.717) is 21.9 Å². The van der Waals surface area contributed by atoms with Crippen molar-refractivity contribution in [1.29, 1.82) is 0 Å². The number of methoxy groups -OCH3 is 1. The van der Waals surface area contributed by atoms with Crippen LogP contribution in [-0.4, -0.2) is 23.3 Å². The number of hydrogen-bond acceptors (Lipinski definition) is 3. The van der Waals surface area contributed by atoms with E-state index in [2.05, 4.69) is 0 Å². The Hall–Kier alpha value is -2.20. The fourth-order valence-corrected chi connectivity index (χ4v) is 2.60. The number of aryl methyl sites for hydroxylation is 1. The van der Waals surface area contributed by atoms with Crippen molar-refractivity contribution in [3.8, 4) is 11.5 Å². The van der Waals surface area contributed by atoms with Gasteiger partial charge in [0, 0.05) is 5.02 Å². The Kier molecular flexibility index (Phi) is 4.93. The molecule has 0 saturated carbocycles. The zero-order valence-corrected chi connectivity index (χ0v) is 13.1. The number of rotatable bonds is 5. The quantitative estimate of drug-likeness (QED) is 0.880. The third-order valence-electron chi connectivity index (χ3n) is 3.58. The van der Waals surface area contributed by atoms with Gasteiger partial charge in [0.1, 0.15) is 11.5 Å². The number of ether oxygens (including phenoxy) is 1. The summed E-state index contributed by atoms with van der Waals surface area (Å²) in [5.41, 5.74) is 2.03. The molecule has 2 aromatic rings. The van der Waals surface area contributed by atoms with Gasteiger partial charge in [0.2, 0.25) is 0 Å². The number of halogens is 1. The lowest BCUT2D eigenvalue weighted by atomic mass is 9.90. The Bertz CT molecular complexity index is 697. The molecule has 0 aromatic heterocycles. The molecule has 22 heavy (non-hydrogen) atoms. The molecule has 0 aliphatic carbocycles. The molecule has 0 aliphatic rings. The van der Waals surface area contributed by atoms with Crippen molar-refractivity contribution >= 4 is 17.6 Å². The Morgan fingerprint density at radius 2 is 2.00 bits per heavy atom. The highest BCUT2D eigenvalue weighted by Crippen LogP contribution is 2.30. The van der Waals surface area contributed by atoms with Crippen LogP contribution in [0.4, 0.5) is 0 Å². The molecule has 0 saturated heterocycles. The summed E-state index contributed by atoms with van der Waals surface area (Å²) < 4.78 is 5.19. The first kappa shape index (κ1) is 16.2. The van der Waals surface area contributed by atoms with Gasteiger partial charge in [0.25, 0.3) is 0 Å². The fourth-order valence-electron chi connectivity index (χ4n) is 2.40. The molecule has 0 heterocycles. The maximum absolute atomic E-state index is 11.6. The van der Waals surface area contributed by atoms with Gasteiger partial charge in [-0.05, 0) is 54.3 Å². The van der Waals surface area contributed by atoms with Gasteiger partial charge >= 0.3 is 5.97 Å². The minimum atomic E-state index is -0.955. The minimum Gasteiger partial charge on any atom is -0.508 e. The summed E-state index contributed by atoms with van der Waals surface area (Å²) in [6.07, 6.45) is 0.160. The molecule has 5 heteroatoms. The topological polar surface area (TPSA) is 66.8 Å². The van der Waals surface area contributed by atoms with Gasteiger partial charge in [0.05, 0.1) is 13.0 Å². The van der Waals surface area contributed by atoms with Crippen molar-refractivity contribution in [2.45, 2.75) is 19.3 Å². The highest BCUT2D eigenvalue weighted by molar-refractivity contribution is 6.30. The van der Waals surface area contributed by atoms with Crippen LogP contribution < -0.4 is 4.74 Å². The number of phenols is 1. The summed E-state index contributed by atoms with van der Waals surface area (Å²) in [6.45, 7) is 1.86. The van der Waals surface area contributed by atoms with Crippen LogP contribution in [0.2, 0.25) is 5.02 Å². The summed E-state index contributed by atoms with van der Waals surface area (Å²) in [5.74, 6) is -0.975. The Balaban J connectivity index is 2.36. The van der Waals surface area contributed by atoms with E-state index in [1.54, 1.807) is 37.4 Å². The van der Waals surface area contributed by atoms with Gasteiger partial charge in [-0.2, -0.15) is 0 Å². The van der Waals surface area contributed by atoms with Crippen molar-refractivity contribution in [1.82, 2.24) is 0 Å². The molecule has 1 unspecified atom stereocenters. The van der Waals surface area contributed by atoms with Gasteiger partial charge in [-0.25, -0.2) is 0 Å². The first-order valence-electron chi connectivity index (χ1n) is 6.77. The van der Waals surface area contributed by atoms with E-state index in [9.17, 15) is 15.0 Å². The molecule has 0 radical (unpaired) electrons. The summed E-state index contributed by atoms with van der Waals surface area (Å²) >= 11 is 5.92. The standard InChI is InChI=1S/C17H17ClO4/c1-10-7-11(3-6-16(10)22-2)14(17(20)21)9-12-8-13(18)4-5-15(12)19/h3-8,14,19H,9H2,1-2H3,(H,20,21). The highest BCUT2D eigenvalue weighted by atomic mass is 35.5. The predicted octanol–water partition coefficient (Wildman–Crippen LogP) is 3.77. The second-order valence-electron chi connectivity index (χ2n) is 5.10. The number of hydrogen-bond donors (Lipinski definition) is 2. The first-order valence-corrected chi connectivity index (χ1v) is 7.15. The molecular weight excluding hydrogens is 304 g/mol. The van der Waals surface area contributed by atoms with E-state index in [1.807, 2.05) is 6.92 Å². The summed E-state index contributed by atoms with van der Waals surface area (Å²) in [5, 5.41) is 19.9. The Morgan fingerprint density at radius 3 is 2.59 bits per heavy atom. The predicted molar refractivity (Wildman–Crippen MR) is 84.9 cm³/mol. The van der Waals surface area contributed by atoms with Crippen LogP contribution in [0.1, 0.15) is 22.6 Å². The Morgan fingerprint density at radius 1 is 1.27 bits per heavy atom. The van der Waals surface area contributed by atoms with Crippen molar-refractivity contribution < 1.29 is 19.7 Å². The molecule has 2 N–H and O–H groups in total. The third kappa shape index (κ3) is 3.52. The molecule has 0 aliphatic heterocycles. The normalized spacial score (nSPS) is 12.0. The SMILES string of the molecule is COc1ccc(C(Cc2cc(Cl)ccc2O)C(=O)O)cc1C. The maximum Gasteiger partial charge on any atom is 0.311 e. The zero-order valence-electron chi connectivity index (χ0n) is 12.3. The van der Waals surface area contributed by atoms with Crippen molar-refractivity contribution in [3.05, 3.63) is 58.1 Å². The lowest BCUT2D eigenvalue weighted by Gasteiger charge is -2.16. The molecule has 116 valence electrons. The lowest BCUT2D eigenvalue weighted by molar-refractivity contribution is -0.138. The van der Waals surface area contributed by atoms with Crippen LogP contribution >= 0.6 is 11.6 Å². The number of aliphatic carboxylic acids is 1. The summed E-state index contributed by atoms with van der Waals surface area (Å²) in [7, 11) is 1.57.